The van der Waals surface area contributed by atoms with Gasteiger partial charge in [0.1, 0.15) is 0 Å². The van der Waals surface area contributed by atoms with Crippen molar-refractivity contribution < 1.29 is 14.9 Å². The van der Waals surface area contributed by atoms with Crippen LogP contribution in [0.15, 0.2) is 0 Å². The van der Waals surface area contributed by atoms with Gasteiger partial charge in [0.2, 0.25) is 11.2 Å². The Morgan fingerprint density at radius 3 is 2.39 bits per heavy atom. The van der Waals surface area contributed by atoms with Crippen LogP contribution in [0, 0.1) is 0 Å². The van der Waals surface area contributed by atoms with Crippen LogP contribution in [0.5, 0.6) is 6.01 Å². The maximum Gasteiger partial charge on any atom is 0.322 e. The summed E-state index contributed by atoms with van der Waals surface area (Å²) in [6.45, 7) is 3.51. The molecule has 102 valence electrons. The molecule has 8 heteroatoms. The van der Waals surface area contributed by atoms with E-state index in [9.17, 15) is 10.2 Å². The average molecular weight is 277 g/mol. The van der Waals surface area contributed by atoms with Crippen molar-refractivity contribution in [2.75, 3.05) is 25.1 Å². The maximum absolute atomic E-state index is 9.32. The van der Waals surface area contributed by atoms with E-state index in [1.54, 1.807) is 6.92 Å². The van der Waals surface area contributed by atoms with Gasteiger partial charge in [-0.05, 0) is 24.9 Å². The lowest BCUT2D eigenvalue weighted by Gasteiger charge is -2.29. The molecule has 0 saturated heterocycles. The molecule has 3 N–H and O–H groups in total. The van der Waals surface area contributed by atoms with Gasteiger partial charge in [-0.25, -0.2) is 0 Å². The third kappa shape index (κ3) is 3.66. The monoisotopic (exact) mass is 276 g/mol. The quantitative estimate of drug-likeness (QED) is 0.665. The van der Waals surface area contributed by atoms with Gasteiger partial charge in [0, 0.05) is 0 Å². The van der Waals surface area contributed by atoms with Crippen molar-refractivity contribution in [2.45, 2.75) is 25.8 Å². The van der Waals surface area contributed by atoms with E-state index >= 15 is 0 Å². The van der Waals surface area contributed by atoms with Gasteiger partial charge in [0.05, 0.1) is 25.4 Å². The van der Waals surface area contributed by atoms with Crippen molar-refractivity contribution in [3.63, 3.8) is 0 Å². The van der Waals surface area contributed by atoms with Gasteiger partial charge in [0.25, 0.3) is 0 Å². The predicted octanol–water partition coefficient (Wildman–Crippen LogP) is 0.469. The van der Waals surface area contributed by atoms with E-state index in [1.807, 2.05) is 6.92 Å². The SMILES string of the molecule is CCOc1nc(Cl)nc(NC(CC)(CO)CO)n1. The van der Waals surface area contributed by atoms with Crippen molar-refractivity contribution in [2.24, 2.45) is 0 Å². The van der Waals surface area contributed by atoms with E-state index in [4.69, 9.17) is 16.3 Å². The second kappa shape index (κ2) is 6.67. The van der Waals surface area contributed by atoms with Gasteiger partial charge in [-0.15, -0.1) is 0 Å². The van der Waals surface area contributed by atoms with Gasteiger partial charge >= 0.3 is 6.01 Å². The van der Waals surface area contributed by atoms with Gasteiger partial charge < -0.3 is 20.3 Å². The third-order valence-electron chi connectivity index (χ3n) is 2.52. The zero-order chi connectivity index (χ0) is 13.6. The van der Waals surface area contributed by atoms with Crippen LogP contribution in [-0.2, 0) is 0 Å². The van der Waals surface area contributed by atoms with Crippen LogP contribution in [0.3, 0.4) is 0 Å². The molecule has 1 heterocycles. The lowest BCUT2D eigenvalue weighted by molar-refractivity contribution is 0.132. The topological polar surface area (TPSA) is 100 Å². The predicted molar refractivity (Wildman–Crippen MR) is 66.8 cm³/mol. The zero-order valence-electron chi connectivity index (χ0n) is 10.4. The van der Waals surface area contributed by atoms with Gasteiger partial charge in [0.15, 0.2) is 0 Å². The van der Waals surface area contributed by atoms with Crippen molar-refractivity contribution in [3.05, 3.63) is 5.28 Å². The zero-order valence-corrected chi connectivity index (χ0v) is 11.1. The number of nitrogens with zero attached hydrogens (tertiary/aromatic N) is 3. The lowest BCUT2D eigenvalue weighted by atomic mass is 9.99. The summed E-state index contributed by atoms with van der Waals surface area (Å²) in [5.41, 5.74) is -0.895. The smallest absolute Gasteiger partial charge is 0.322 e. The number of ether oxygens (including phenoxy) is 1. The van der Waals surface area contributed by atoms with Crippen molar-refractivity contribution >= 4 is 17.5 Å². The van der Waals surface area contributed by atoms with Crippen LogP contribution in [-0.4, -0.2) is 50.5 Å². The molecule has 0 atom stereocenters. The van der Waals surface area contributed by atoms with Crippen molar-refractivity contribution in [1.82, 2.24) is 15.0 Å². The Balaban J connectivity index is 2.95. The van der Waals surface area contributed by atoms with E-state index in [2.05, 4.69) is 20.3 Å². The molecule has 0 aliphatic carbocycles. The molecule has 0 aliphatic heterocycles. The van der Waals surface area contributed by atoms with E-state index in [0.717, 1.165) is 0 Å². The van der Waals surface area contributed by atoms with Gasteiger partial charge in [-0.1, -0.05) is 6.92 Å². The first-order valence-electron chi connectivity index (χ1n) is 5.63. The minimum absolute atomic E-state index is 0.0168. The number of nitrogens with one attached hydrogen (secondary N) is 1. The van der Waals surface area contributed by atoms with Crippen LogP contribution >= 0.6 is 11.6 Å². The summed E-state index contributed by atoms with van der Waals surface area (Å²) in [6.07, 6.45) is 0.493. The highest BCUT2D eigenvalue weighted by Gasteiger charge is 2.27. The van der Waals surface area contributed by atoms with Crippen LogP contribution < -0.4 is 10.1 Å². The summed E-state index contributed by atoms with van der Waals surface area (Å²) in [6, 6.07) is 0.0980. The Bertz CT molecular complexity index is 379. The van der Waals surface area contributed by atoms with E-state index in [0.29, 0.717) is 13.0 Å². The standard InChI is InChI=1S/C10H17ClN4O3/c1-3-10(5-16,6-17)15-8-12-7(11)13-9(14-8)18-4-2/h16-17H,3-6H2,1-2H3,(H,12,13,14,15). The Morgan fingerprint density at radius 1 is 1.22 bits per heavy atom. The molecule has 1 rings (SSSR count). The van der Waals surface area contributed by atoms with E-state index in [-0.39, 0.29) is 30.5 Å². The molecule has 0 amide bonds. The molecule has 0 aliphatic rings. The number of aliphatic hydroxyl groups excluding tert-OH is 2. The molecule has 0 spiro atoms. The van der Waals surface area contributed by atoms with Crippen LogP contribution in [0.1, 0.15) is 20.3 Å². The molecule has 0 bridgehead atoms. The second-order valence-electron chi connectivity index (χ2n) is 3.72. The highest BCUT2D eigenvalue weighted by atomic mass is 35.5. The summed E-state index contributed by atoms with van der Waals surface area (Å²) >= 11 is 5.74. The number of hydrogen-bond donors (Lipinski definition) is 3. The molecule has 0 unspecified atom stereocenters. The highest BCUT2D eigenvalue weighted by Crippen LogP contribution is 2.18. The molecule has 7 nitrogen and oxygen atoms in total. The summed E-state index contributed by atoms with van der Waals surface area (Å²) < 4.78 is 5.13. The summed E-state index contributed by atoms with van der Waals surface area (Å²) in [5, 5.41) is 21.5. The Labute approximate surface area is 110 Å². The van der Waals surface area contributed by atoms with Crippen LogP contribution in [0.2, 0.25) is 5.28 Å². The van der Waals surface area contributed by atoms with Crippen molar-refractivity contribution in [3.8, 4) is 6.01 Å². The maximum atomic E-state index is 9.32. The molecular formula is C10H17ClN4O3. The minimum Gasteiger partial charge on any atom is -0.464 e. The van der Waals surface area contributed by atoms with Gasteiger partial charge in [-0.3, -0.25) is 0 Å². The van der Waals surface area contributed by atoms with Crippen LogP contribution in [0.4, 0.5) is 5.95 Å². The summed E-state index contributed by atoms with van der Waals surface area (Å²) in [4.78, 5) is 11.7. The normalized spacial score (nSPS) is 11.4. The first kappa shape index (κ1) is 14.9. The Kier molecular flexibility index (Phi) is 5.52. The molecule has 0 radical (unpaired) electrons. The van der Waals surface area contributed by atoms with E-state index < -0.39 is 5.54 Å². The molecule has 1 aromatic rings. The number of anilines is 1. The number of halogens is 1. The Hall–Kier alpha value is -1.18. The summed E-state index contributed by atoms with van der Waals surface area (Å²) in [7, 11) is 0. The first-order valence-corrected chi connectivity index (χ1v) is 6.01. The van der Waals surface area contributed by atoms with E-state index in [1.165, 1.54) is 0 Å². The van der Waals surface area contributed by atoms with Crippen molar-refractivity contribution in [1.29, 1.82) is 0 Å². The molecule has 18 heavy (non-hydrogen) atoms. The number of aromatic nitrogens is 3. The first-order chi connectivity index (χ1) is 8.59. The van der Waals surface area contributed by atoms with Crippen LogP contribution in [0.25, 0.3) is 0 Å². The third-order valence-corrected chi connectivity index (χ3v) is 2.69. The molecule has 1 aromatic heterocycles. The summed E-state index contributed by atoms with van der Waals surface area (Å²) in [5.74, 6) is 0.156. The fourth-order valence-electron chi connectivity index (χ4n) is 1.26. The average Bonchev–Trinajstić information content (AvgIpc) is 2.36. The fraction of sp³-hybridized carbons (Fsp3) is 0.700. The number of rotatable bonds is 7. The second-order valence-corrected chi connectivity index (χ2v) is 4.06. The molecule has 0 fully saturated rings. The minimum atomic E-state index is -0.895. The largest absolute Gasteiger partial charge is 0.464 e. The molecule has 0 saturated carbocycles. The molecular weight excluding hydrogens is 260 g/mol. The van der Waals surface area contributed by atoms with Gasteiger partial charge in [-0.2, -0.15) is 15.0 Å². The highest BCUT2D eigenvalue weighted by molar-refractivity contribution is 6.28. The fourth-order valence-corrected chi connectivity index (χ4v) is 1.41. The number of aliphatic hydroxyl groups is 2. The number of hydrogen-bond acceptors (Lipinski definition) is 7. The molecule has 0 aromatic carbocycles. The Morgan fingerprint density at radius 2 is 1.89 bits per heavy atom. The lowest BCUT2D eigenvalue weighted by Crippen LogP contribution is -2.45.